The molecule has 1 aliphatic heterocycles. The molecule has 1 aromatic heterocycles. The van der Waals surface area contributed by atoms with Gasteiger partial charge in [0, 0.05) is 40.2 Å². The van der Waals surface area contributed by atoms with Crippen LogP contribution in [0.15, 0.2) is 60.8 Å². The van der Waals surface area contributed by atoms with Crippen LogP contribution in [0.5, 0.6) is 0 Å². The lowest BCUT2D eigenvalue weighted by molar-refractivity contribution is -0.141. The van der Waals surface area contributed by atoms with Crippen molar-refractivity contribution in [3.05, 3.63) is 94.0 Å². The smallest absolute Gasteiger partial charge is 0.330 e. The van der Waals surface area contributed by atoms with Gasteiger partial charge < -0.3 is 15.2 Å². The van der Waals surface area contributed by atoms with Crippen molar-refractivity contribution in [2.75, 3.05) is 24.7 Å². The Bertz CT molecular complexity index is 1320. The fourth-order valence-corrected chi connectivity index (χ4v) is 5.95. The number of halogens is 5. The molecule has 0 spiro atoms. The molecule has 12 heteroatoms. The minimum Gasteiger partial charge on any atom is -0.330 e. The number of hydrogen-bond acceptors (Lipinski definition) is 6. The molecule has 3 unspecified atom stereocenters. The predicted molar refractivity (Wildman–Crippen MR) is 170 cm³/mol. The van der Waals surface area contributed by atoms with E-state index in [4.69, 9.17) is 16.2 Å². The fraction of sp³-hybridized carbons (Fsp3) is 0.438. The SMILES string of the molecule is CCC(c1ccc(Cl)cc1)c1ccnc(C(F)(F)F)c1.CN1C(CCCSO)CCNC1CCc1c(F)cccc1NC=O. The molecule has 240 valence electrons. The van der Waals surface area contributed by atoms with E-state index in [0.717, 1.165) is 61.7 Å². The molecule has 3 N–H and O–H groups in total. The molecule has 1 amide bonds. The quantitative estimate of drug-likeness (QED) is 0.0791. The summed E-state index contributed by atoms with van der Waals surface area (Å²) >= 11 is 6.73. The minimum absolute atomic E-state index is 0.101. The predicted octanol–water partition coefficient (Wildman–Crippen LogP) is 8.23. The first kappa shape index (κ1) is 35.8. The molecular weight excluding hydrogens is 616 g/mol. The highest BCUT2D eigenvalue weighted by Gasteiger charge is 2.33. The number of alkyl halides is 3. The van der Waals surface area contributed by atoms with Crippen molar-refractivity contribution in [2.45, 2.75) is 69.8 Å². The van der Waals surface area contributed by atoms with Crippen LogP contribution in [0.1, 0.15) is 67.3 Å². The van der Waals surface area contributed by atoms with E-state index in [1.807, 2.05) is 19.1 Å². The Balaban J connectivity index is 0.000000244. The number of rotatable bonds is 12. The molecule has 2 aromatic carbocycles. The third kappa shape index (κ3) is 10.4. The van der Waals surface area contributed by atoms with Crippen molar-refractivity contribution in [1.29, 1.82) is 0 Å². The van der Waals surface area contributed by atoms with Gasteiger partial charge >= 0.3 is 6.18 Å². The monoisotopic (exact) mass is 654 g/mol. The minimum atomic E-state index is -4.42. The molecule has 44 heavy (non-hydrogen) atoms. The van der Waals surface area contributed by atoms with Gasteiger partial charge in [-0.05, 0) is 112 Å². The van der Waals surface area contributed by atoms with Crippen LogP contribution < -0.4 is 10.6 Å². The molecule has 2 heterocycles. The van der Waals surface area contributed by atoms with Crippen LogP contribution in [0.3, 0.4) is 0 Å². The second kappa shape index (κ2) is 17.7. The molecule has 0 radical (unpaired) electrons. The van der Waals surface area contributed by atoms with Gasteiger partial charge in [-0.3, -0.25) is 14.7 Å². The summed E-state index contributed by atoms with van der Waals surface area (Å²) in [6.07, 6.45) is 2.71. The zero-order valence-electron chi connectivity index (χ0n) is 24.8. The molecular formula is C32H39ClF4N4O2S. The van der Waals surface area contributed by atoms with E-state index in [-0.39, 0.29) is 17.9 Å². The Labute approximate surface area is 265 Å². The summed E-state index contributed by atoms with van der Waals surface area (Å²) in [5.41, 5.74) is 1.79. The van der Waals surface area contributed by atoms with Gasteiger partial charge in [0.1, 0.15) is 11.5 Å². The molecule has 0 aliphatic carbocycles. The number of nitrogens with zero attached hydrogens (tertiary/aromatic N) is 2. The maximum Gasteiger partial charge on any atom is 0.433 e. The second-order valence-corrected chi connectivity index (χ2v) is 11.7. The molecule has 1 fully saturated rings. The number of benzene rings is 2. The van der Waals surface area contributed by atoms with Crippen molar-refractivity contribution in [1.82, 2.24) is 15.2 Å². The van der Waals surface area contributed by atoms with Gasteiger partial charge in [-0.1, -0.05) is 36.7 Å². The average Bonchev–Trinajstić information content (AvgIpc) is 3.00. The van der Waals surface area contributed by atoms with E-state index >= 15 is 0 Å². The largest absolute Gasteiger partial charge is 0.433 e. The van der Waals surface area contributed by atoms with Crippen LogP contribution in [0.4, 0.5) is 23.2 Å². The summed E-state index contributed by atoms with van der Waals surface area (Å²) < 4.78 is 61.1. The summed E-state index contributed by atoms with van der Waals surface area (Å²) in [6.45, 7) is 2.88. The lowest BCUT2D eigenvalue weighted by Gasteiger charge is -2.40. The van der Waals surface area contributed by atoms with Gasteiger partial charge in [0.15, 0.2) is 0 Å². The number of anilines is 1. The number of nitrogens with one attached hydrogen (secondary N) is 2. The third-order valence-electron chi connectivity index (χ3n) is 7.86. The maximum atomic E-state index is 14.1. The topological polar surface area (TPSA) is 77.5 Å². The lowest BCUT2D eigenvalue weighted by atomic mass is 9.89. The zero-order valence-corrected chi connectivity index (χ0v) is 26.4. The number of amides is 1. The molecule has 3 aromatic rings. The average molecular weight is 655 g/mol. The van der Waals surface area contributed by atoms with Crippen LogP contribution in [-0.4, -0.2) is 52.4 Å². The first-order valence-corrected chi connectivity index (χ1v) is 15.9. The Hall–Kier alpha value is -2.70. The van der Waals surface area contributed by atoms with Crippen LogP contribution in [0.2, 0.25) is 5.02 Å². The number of carbonyl (C=O) groups is 1. The molecule has 1 saturated heterocycles. The van der Waals surface area contributed by atoms with E-state index in [1.165, 1.54) is 12.3 Å². The van der Waals surface area contributed by atoms with Gasteiger partial charge in [0.2, 0.25) is 6.41 Å². The number of pyridine rings is 1. The normalized spacial score (nSPS) is 17.8. The van der Waals surface area contributed by atoms with Crippen molar-refractivity contribution < 1.29 is 26.9 Å². The van der Waals surface area contributed by atoms with E-state index < -0.39 is 11.9 Å². The van der Waals surface area contributed by atoms with Gasteiger partial charge in [-0.25, -0.2) is 4.39 Å². The molecule has 0 saturated carbocycles. The van der Waals surface area contributed by atoms with E-state index in [0.29, 0.717) is 47.1 Å². The second-order valence-electron chi connectivity index (χ2n) is 10.6. The van der Waals surface area contributed by atoms with Crippen LogP contribution in [0, 0.1) is 5.82 Å². The molecule has 3 atom stereocenters. The number of hydrogen-bond donors (Lipinski definition) is 3. The standard InChI is InChI=1S/C17H26FN3O2S.C15H13ClF3N/c1-21-13(4-3-11-24-23)9-10-19-17(21)8-7-14-15(18)5-2-6-16(14)20-12-22;1-2-13(10-3-5-12(16)6-4-10)11-7-8-20-14(9-11)15(17,18)19/h2,5-6,12-13,17,19,23H,3-4,7-11H2,1H3,(H,20,22);3-9,13H,2H2,1H3. The van der Waals surface area contributed by atoms with Gasteiger partial charge in [-0.15, -0.1) is 0 Å². The molecule has 6 nitrogen and oxygen atoms in total. The van der Waals surface area contributed by atoms with Crippen molar-refractivity contribution >= 4 is 35.7 Å². The first-order valence-electron chi connectivity index (χ1n) is 14.6. The summed E-state index contributed by atoms with van der Waals surface area (Å²) in [5, 5.41) is 6.67. The van der Waals surface area contributed by atoms with E-state index in [9.17, 15) is 22.4 Å². The fourth-order valence-electron chi connectivity index (χ4n) is 5.53. The highest BCUT2D eigenvalue weighted by Crippen LogP contribution is 2.33. The van der Waals surface area contributed by atoms with Crippen LogP contribution >= 0.6 is 23.6 Å². The summed E-state index contributed by atoms with van der Waals surface area (Å²) in [5.74, 6) is 0.381. The first-order chi connectivity index (χ1) is 21.1. The summed E-state index contributed by atoms with van der Waals surface area (Å²) in [7, 11) is 2.10. The van der Waals surface area contributed by atoms with Crippen molar-refractivity contribution in [3.63, 3.8) is 0 Å². The van der Waals surface area contributed by atoms with E-state index in [2.05, 4.69) is 27.6 Å². The number of carbonyl (C=O) groups excluding carboxylic acids is 1. The van der Waals surface area contributed by atoms with Crippen molar-refractivity contribution in [2.24, 2.45) is 0 Å². The van der Waals surface area contributed by atoms with Gasteiger partial charge in [0.05, 0.1) is 6.17 Å². The Morgan fingerprint density at radius 3 is 2.59 bits per heavy atom. The number of aromatic nitrogens is 1. The Morgan fingerprint density at radius 1 is 1.18 bits per heavy atom. The molecule has 1 aliphatic rings. The molecule has 4 rings (SSSR count). The van der Waals surface area contributed by atoms with Gasteiger partial charge in [-0.2, -0.15) is 13.2 Å². The van der Waals surface area contributed by atoms with Crippen molar-refractivity contribution in [3.8, 4) is 0 Å². The Morgan fingerprint density at radius 2 is 1.93 bits per heavy atom. The van der Waals surface area contributed by atoms with Gasteiger partial charge in [0.25, 0.3) is 0 Å². The maximum absolute atomic E-state index is 14.1. The Kier molecular flexibility index (Phi) is 14.4. The molecule has 0 bridgehead atoms. The third-order valence-corrected chi connectivity index (χ3v) is 8.58. The highest BCUT2D eigenvalue weighted by atomic mass is 35.5. The van der Waals surface area contributed by atoms with E-state index in [1.54, 1.807) is 30.3 Å². The summed E-state index contributed by atoms with van der Waals surface area (Å²) in [4.78, 5) is 16.4. The lowest BCUT2D eigenvalue weighted by Crippen LogP contribution is -2.54. The van der Waals surface area contributed by atoms with Crippen LogP contribution in [0.25, 0.3) is 0 Å². The zero-order chi connectivity index (χ0) is 32.1. The van der Waals surface area contributed by atoms with Crippen LogP contribution in [-0.2, 0) is 17.4 Å². The highest BCUT2D eigenvalue weighted by molar-refractivity contribution is 7.93. The summed E-state index contributed by atoms with van der Waals surface area (Å²) in [6, 6.07) is 15.1.